The summed E-state index contributed by atoms with van der Waals surface area (Å²) >= 11 is 0. The van der Waals surface area contributed by atoms with Crippen molar-refractivity contribution in [2.24, 2.45) is 0 Å². The zero-order valence-electron chi connectivity index (χ0n) is 8.33. The van der Waals surface area contributed by atoms with E-state index in [0.717, 1.165) is 0 Å². The van der Waals surface area contributed by atoms with Gasteiger partial charge in [-0.15, -0.1) is 0 Å². The third-order valence-corrected chi connectivity index (χ3v) is 2.72. The summed E-state index contributed by atoms with van der Waals surface area (Å²) in [6.45, 7) is 0.243. The first-order valence-electron chi connectivity index (χ1n) is 5.00. The van der Waals surface area contributed by atoms with E-state index in [2.05, 4.69) is 0 Å². The molecule has 3 heterocycles. The summed E-state index contributed by atoms with van der Waals surface area (Å²) in [6.07, 6.45) is 0.771. The minimum Gasteiger partial charge on any atom is -0.465 e. The fraction of sp³-hybridized carbons (Fsp3) is 0.364. The zero-order valence-corrected chi connectivity index (χ0v) is 8.33. The highest BCUT2D eigenvalue weighted by molar-refractivity contribution is 6.03. The highest BCUT2D eigenvalue weighted by Gasteiger charge is 2.45. The Balaban J connectivity index is 1.97. The van der Waals surface area contributed by atoms with Gasteiger partial charge in [-0.05, 0) is 18.2 Å². The number of furan rings is 1. The predicted molar refractivity (Wildman–Crippen MR) is 52.3 cm³/mol. The first-order chi connectivity index (χ1) is 7.75. The summed E-state index contributed by atoms with van der Waals surface area (Å²) < 4.78 is 15.4. The molecule has 2 fully saturated rings. The number of rotatable bonds is 1. The molecule has 5 heteroatoms. The summed E-state index contributed by atoms with van der Waals surface area (Å²) in [7, 11) is 0. The van der Waals surface area contributed by atoms with Gasteiger partial charge in [-0.3, -0.25) is 4.79 Å². The fourth-order valence-electron chi connectivity index (χ4n) is 1.89. The maximum atomic E-state index is 11.8. The molecule has 3 rings (SSSR count). The van der Waals surface area contributed by atoms with Crippen molar-refractivity contribution >= 4 is 11.9 Å². The largest absolute Gasteiger partial charge is 0.465 e. The molecule has 0 aromatic carbocycles. The van der Waals surface area contributed by atoms with E-state index in [0.29, 0.717) is 5.76 Å². The minimum absolute atomic E-state index is 0.243. The van der Waals surface area contributed by atoms with E-state index in [1.54, 1.807) is 12.1 Å². The van der Waals surface area contributed by atoms with Crippen LogP contribution < -0.4 is 0 Å². The van der Waals surface area contributed by atoms with Gasteiger partial charge in [0.05, 0.1) is 12.9 Å². The molecule has 3 atom stereocenters. The molecule has 0 saturated carbocycles. The molecule has 84 valence electrons. The minimum atomic E-state index is -0.948. The molecule has 0 radical (unpaired) electrons. The Morgan fingerprint density at radius 3 is 3.12 bits per heavy atom. The van der Waals surface area contributed by atoms with Gasteiger partial charge in [0.2, 0.25) is 12.1 Å². The Bertz CT molecular complexity index is 433. The number of fused-ring (bicyclic) bond motifs is 2. The van der Waals surface area contributed by atoms with Crippen molar-refractivity contribution in [3.63, 3.8) is 0 Å². The van der Waals surface area contributed by atoms with Crippen LogP contribution in [0.4, 0.5) is 0 Å². The number of aliphatic hydroxyl groups is 1. The predicted octanol–water partition coefficient (Wildman–Crippen LogP) is 0.348. The summed E-state index contributed by atoms with van der Waals surface area (Å²) in [5, 5.41) is 9.89. The van der Waals surface area contributed by atoms with Gasteiger partial charge in [0.15, 0.2) is 0 Å². The number of carbonyl (C=O) groups is 1. The van der Waals surface area contributed by atoms with E-state index in [-0.39, 0.29) is 18.0 Å². The number of hydrogen-bond acceptors (Lipinski definition) is 5. The van der Waals surface area contributed by atoms with Crippen molar-refractivity contribution in [1.82, 2.24) is 0 Å². The van der Waals surface area contributed by atoms with Crippen molar-refractivity contribution in [3.05, 3.63) is 29.7 Å². The van der Waals surface area contributed by atoms with Crippen molar-refractivity contribution in [2.45, 2.75) is 18.5 Å². The summed E-state index contributed by atoms with van der Waals surface area (Å²) in [4.78, 5) is 11.8. The Labute approximate surface area is 91.3 Å². The molecule has 2 aliphatic rings. The quantitative estimate of drug-likeness (QED) is 0.694. The van der Waals surface area contributed by atoms with Gasteiger partial charge in [0.25, 0.3) is 0 Å². The number of Topliss-reactive ketones (excluding diaryl/α,β-unsaturated/α-hetero) is 1. The first kappa shape index (κ1) is 9.77. The van der Waals surface area contributed by atoms with E-state index in [1.165, 1.54) is 12.3 Å². The molecule has 2 saturated heterocycles. The molecule has 2 aliphatic heterocycles. The number of hydrogen-bond donors (Lipinski definition) is 1. The van der Waals surface area contributed by atoms with Gasteiger partial charge in [-0.25, -0.2) is 0 Å². The normalized spacial score (nSPS) is 35.9. The Kier molecular flexibility index (Phi) is 2.17. The van der Waals surface area contributed by atoms with Gasteiger partial charge < -0.3 is 19.0 Å². The number of ketones is 1. The number of carbonyl (C=O) groups excluding carboxylic acids is 1. The lowest BCUT2D eigenvalue weighted by atomic mass is 9.98. The van der Waals surface area contributed by atoms with E-state index < -0.39 is 18.5 Å². The van der Waals surface area contributed by atoms with Crippen LogP contribution in [0, 0.1) is 0 Å². The molecule has 16 heavy (non-hydrogen) atoms. The second-order valence-electron chi connectivity index (χ2n) is 3.76. The molecule has 5 nitrogen and oxygen atoms in total. The lowest BCUT2D eigenvalue weighted by Crippen LogP contribution is -2.41. The van der Waals surface area contributed by atoms with Gasteiger partial charge in [0, 0.05) is 5.57 Å². The lowest BCUT2D eigenvalue weighted by Gasteiger charge is -2.24. The van der Waals surface area contributed by atoms with Crippen LogP contribution in [-0.4, -0.2) is 36.0 Å². The average Bonchev–Trinajstić information content (AvgIpc) is 2.92. The van der Waals surface area contributed by atoms with Crippen LogP contribution in [0.25, 0.3) is 6.08 Å². The van der Waals surface area contributed by atoms with E-state index in [4.69, 9.17) is 13.9 Å². The van der Waals surface area contributed by atoms with E-state index in [1.807, 2.05) is 0 Å². The SMILES string of the molecule is O=C1/C(=C/c2ccco2)[C@H](O)[C@H]2CO[C@@H]1O2. The van der Waals surface area contributed by atoms with Crippen LogP contribution in [0.1, 0.15) is 5.76 Å². The Morgan fingerprint density at radius 1 is 1.50 bits per heavy atom. The Morgan fingerprint density at radius 2 is 2.38 bits per heavy atom. The average molecular weight is 222 g/mol. The highest BCUT2D eigenvalue weighted by atomic mass is 16.7. The number of aliphatic hydroxyl groups excluding tert-OH is 1. The molecule has 1 N–H and O–H groups in total. The van der Waals surface area contributed by atoms with Crippen molar-refractivity contribution in [3.8, 4) is 0 Å². The third-order valence-electron chi connectivity index (χ3n) is 2.72. The van der Waals surface area contributed by atoms with Crippen molar-refractivity contribution < 1.29 is 23.8 Å². The Hall–Kier alpha value is -1.43. The summed E-state index contributed by atoms with van der Waals surface area (Å²) in [5.74, 6) is 0.196. The second kappa shape index (κ2) is 3.55. The highest BCUT2D eigenvalue weighted by Crippen LogP contribution is 2.29. The van der Waals surface area contributed by atoms with E-state index in [9.17, 15) is 9.90 Å². The monoisotopic (exact) mass is 222 g/mol. The molecule has 0 spiro atoms. The molecule has 0 amide bonds. The third kappa shape index (κ3) is 1.41. The first-order valence-corrected chi connectivity index (χ1v) is 5.00. The molecule has 0 aliphatic carbocycles. The topological polar surface area (TPSA) is 68.9 Å². The smallest absolute Gasteiger partial charge is 0.222 e. The second-order valence-corrected chi connectivity index (χ2v) is 3.76. The van der Waals surface area contributed by atoms with Crippen LogP contribution in [-0.2, 0) is 14.3 Å². The maximum absolute atomic E-state index is 11.8. The molecular formula is C11H10O5. The standard InChI is InChI=1S/C11H10O5/c12-9-7(4-6-2-1-3-14-6)10(13)11-15-5-8(9)16-11/h1-4,8-9,11-12H,5H2/b7-4+/t8-,9+,11-/m1/s1. The van der Waals surface area contributed by atoms with Crippen LogP contribution in [0.5, 0.6) is 0 Å². The van der Waals surface area contributed by atoms with Crippen molar-refractivity contribution in [1.29, 1.82) is 0 Å². The van der Waals surface area contributed by atoms with Gasteiger partial charge >= 0.3 is 0 Å². The molecular weight excluding hydrogens is 212 g/mol. The summed E-state index contributed by atoms with van der Waals surface area (Å²) in [5.41, 5.74) is 0.286. The van der Waals surface area contributed by atoms with Gasteiger partial charge in [0.1, 0.15) is 18.0 Å². The fourth-order valence-corrected chi connectivity index (χ4v) is 1.89. The molecule has 0 unspecified atom stereocenters. The van der Waals surface area contributed by atoms with E-state index >= 15 is 0 Å². The molecule has 1 aromatic rings. The molecule has 1 aromatic heterocycles. The van der Waals surface area contributed by atoms with Crippen LogP contribution in [0.3, 0.4) is 0 Å². The van der Waals surface area contributed by atoms with Crippen LogP contribution in [0.2, 0.25) is 0 Å². The maximum Gasteiger partial charge on any atom is 0.222 e. The van der Waals surface area contributed by atoms with Gasteiger partial charge in [-0.2, -0.15) is 0 Å². The zero-order chi connectivity index (χ0) is 11.1. The van der Waals surface area contributed by atoms with Crippen LogP contribution in [0.15, 0.2) is 28.4 Å². The summed E-state index contributed by atoms with van der Waals surface area (Å²) in [6, 6.07) is 3.43. The lowest BCUT2D eigenvalue weighted by molar-refractivity contribution is -0.152. The number of ether oxygens (including phenoxy) is 2. The van der Waals surface area contributed by atoms with Crippen LogP contribution >= 0.6 is 0 Å². The van der Waals surface area contributed by atoms with Crippen molar-refractivity contribution in [2.75, 3.05) is 6.61 Å². The van der Waals surface area contributed by atoms with Gasteiger partial charge in [-0.1, -0.05) is 0 Å². The molecule has 2 bridgehead atoms.